The summed E-state index contributed by atoms with van der Waals surface area (Å²) < 4.78 is 5.20. The zero-order valence-electron chi connectivity index (χ0n) is 21.5. The SMILES string of the molecule is COc1ccc(CNC(=O)C(C#N)c2nc3ccccc3nc2N2CCC(Cc3ccccc3)CC2)cc1. The van der Waals surface area contributed by atoms with Crippen molar-refractivity contribution in [2.24, 2.45) is 5.92 Å². The summed E-state index contributed by atoms with van der Waals surface area (Å²) in [5.41, 5.74) is 4.12. The molecule has 1 N–H and O–H groups in total. The zero-order chi connectivity index (χ0) is 26.3. The van der Waals surface area contributed by atoms with Crippen LogP contribution in [0.5, 0.6) is 5.75 Å². The fourth-order valence-corrected chi connectivity index (χ4v) is 5.01. The van der Waals surface area contributed by atoms with E-state index < -0.39 is 5.92 Å². The second-order valence-corrected chi connectivity index (χ2v) is 9.67. The van der Waals surface area contributed by atoms with Crippen molar-refractivity contribution in [1.29, 1.82) is 5.26 Å². The van der Waals surface area contributed by atoms with E-state index in [1.165, 1.54) is 5.56 Å². The van der Waals surface area contributed by atoms with Crippen LogP contribution >= 0.6 is 0 Å². The number of piperidine rings is 1. The summed E-state index contributed by atoms with van der Waals surface area (Å²) in [4.78, 5) is 25.2. The van der Waals surface area contributed by atoms with Gasteiger partial charge in [-0.1, -0.05) is 54.6 Å². The smallest absolute Gasteiger partial charge is 0.243 e. The normalized spacial score (nSPS) is 14.6. The third-order valence-electron chi connectivity index (χ3n) is 7.15. The van der Waals surface area contributed by atoms with Crippen LogP contribution < -0.4 is 15.0 Å². The van der Waals surface area contributed by atoms with Gasteiger partial charge in [0.2, 0.25) is 5.91 Å². The number of ether oxygens (including phenoxy) is 1. The number of amides is 1. The lowest BCUT2D eigenvalue weighted by molar-refractivity contribution is -0.121. The molecule has 0 saturated carbocycles. The van der Waals surface area contributed by atoms with Crippen LogP contribution in [0.25, 0.3) is 11.0 Å². The molecule has 38 heavy (non-hydrogen) atoms. The second kappa shape index (κ2) is 11.7. The summed E-state index contributed by atoms with van der Waals surface area (Å²) in [5, 5.41) is 13.0. The lowest BCUT2D eigenvalue weighted by atomic mass is 9.90. The first-order valence-electron chi connectivity index (χ1n) is 13.0. The molecule has 0 spiro atoms. The van der Waals surface area contributed by atoms with E-state index in [9.17, 15) is 10.1 Å². The summed E-state index contributed by atoms with van der Waals surface area (Å²) in [6.45, 7) is 1.93. The van der Waals surface area contributed by atoms with Crippen LogP contribution in [0.4, 0.5) is 5.82 Å². The molecule has 3 aromatic carbocycles. The third-order valence-corrected chi connectivity index (χ3v) is 7.15. The molecule has 7 nitrogen and oxygen atoms in total. The third kappa shape index (κ3) is 5.76. The minimum absolute atomic E-state index is 0.308. The molecule has 7 heteroatoms. The molecule has 1 aliphatic rings. The second-order valence-electron chi connectivity index (χ2n) is 9.67. The number of methoxy groups -OCH3 is 1. The van der Waals surface area contributed by atoms with Gasteiger partial charge >= 0.3 is 0 Å². The lowest BCUT2D eigenvalue weighted by Gasteiger charge is -2.34. The quantitative estimate of drug-likeness (QED) is 0.362. The molecule has 1 unspecified atom stereocenters. The molecule has 0 bridgehead atoms. The average Bonchev–Trinajstić information content (AvgIpc) is 2.97. The van der Waals surface area contributed by atoms with Crippen molar-refractivity contribution in [2.75, 3.05) is 25.1 Å². The number of carbonyl (C=O) groups is 1. The van der Waals surface area contributed by atoms with Gasteiger partial charge in [0.05, 0.1) is 24.2 Å². The van der Waals surface area contributed by atoms with Crippen LogP contribution in [-0.2, 0) is 17.8 Å². The van der Waals surface area contributed by atoms with Crippen LogP contribution in [-0.4, -0.2) is 36.1 Å². The van der Waals surface area contributed by atoms with Gasteiger partial charge in [-0.05, 0) is 60.6 Å². The highest BCUT2D eigenvalue weighted by Gasteiger charge is 2.30. The average molecular weight is 506 g/mol. The molecule has 1 aliphatic heterocycles. The van der Waals surface area contributed by atoms with E-state index in [1.807, 2.05) is 54.6 Å². The number of rotatable bonds is 8. The Morgan fingerprint density at radius 1 is 0.974 bits per heavy atom. The summed E-state index contributed by atoms with van der Waals surface area (Å²) in [6, 6.07) is 27.9. The number of nitriles is 1. The number of aromatic nitrogens is 2. The predicted octanol–water partition coefficient (Wildman–Crippen LogP) is 5.02. The van der Waals surface area contributed by atoms with Gasteiger partial charge in [0.25, 0.3) is 0 Å². The van der Waals surface area contributed by atoms with Crippen molar-refractivity contribution in [1.82, 2.24) is 15.3 Å². The number of benzene rings is 3. The van der Waals surface area contributed by atoms with Crippen LogP contribution in [0.15, 0.2) is 78.9 Å². The number of carbonyl (C=O) groups excluding carboxylic acids is 1. The van der Waals surface area contributed by atoms with E-state index in [-0.39, 0.29) is 5.91 Å². The van der Waals surface area contributed by atoms with Crippen molar-refractivity contribution in [3.8, 4) is 11.8 Å². The molecule has 1 fully saturated rings. The molecule has 2 heterocycles. The molecule has 4 aromatic rings. The Labute approximate surface area is 223 Å². The van der Waals surface area contributed by atoms with Gasteiger partial charge < -0.3 is 15.0 Å². The number of para-hydroxylation sites is 2. The van der Waals surface area contributed by atoms with Crippen LogP contribution in [0, 0.1) is 17.2 Å². The Kier molecular flexibility index (Phi) is 7.79. The molecule has 0 aliphatic carbocycles. The van der Waals surface area contributed by atoms with E-state index in [0.717, 1.165) is 49.2 Å². The van der Waals surface area contributed by atoms with Gasteiger partial charge in [0, 0.05) is 19.6 Å². The van der Waals surface area contributed by atoms with Gasteiger partial charge in [-0.2, -0.15) is 5.26 Å². The topological polar surface area (TPSA) is 91.1 Å². The molecule has 192 valence electrons. The first kappa shape index (κ1) is 25.2. The standard InChI is InChI=1S/C31H31N5O2/c1-38-25-13-11-24(12-14-25)21-33-31(37)26(20-32)29-30(35-28-10-6-5-9-27(28)34-29)36-17-15-23(16-18-36)19-22-7-3-2-4-8-22/h2-14,23,26H,15-19,21H2,1H3,(H,33,37). The van der Waals surface area contributed by atoms with Crippen LogP contribution in [0.3, 0.4) is 0 Å². The minimum atomic E-state index is -1.07. The number of anilines is 1. The molecule has 1 amide bonds. The van der Waals surface area contributed by atoms with Crippen molar-refractivity contribution >= 4 is 22.8 Å². The summed E-state index contributed by atoms with van der Waals surface area (Å²) in [6.07, 6.45) is 3.09. The van der Waals surface area contributed by atoms with Gasteiger partial charge in [-0.15, -0.1) is 0 Å². The van der Waals surface area contributed by atoms with E-state index in [2.05, 4.69) is 40.6 Å². The molecule has 5 rings (SSSR count). The number of nitrogens with zero attached hydrogens (tertiary/aromatic N) is 4. The molecular weight excluding hydrogens is 474 g/mol. The van der Waals surface area contributed by atoms with Crippen molar-refractivity contribution in [3.63, 3.8) is 0 Å². The zero-order valence-corrected chi connectivity index (χ0v) is 21.5. The van der Waals surface area contributed by atoms with Crippen LogP contribution in [0.1, 0.15) is 35.6 Å². The Morgan fingerprint density at radius 2 is 1.63 bits per heavy atom. The highest BCUT2D eigenvalue weighted by molar-refractivity contribution is 5.88. The molecule has 1 atom stereocenters. The number of nitrogens with one attached hydrogen (secondary N) is 1. The Hall–Kier alpha value is -4.44. The monoisotopic (exact) mass is 505 g/mol. The predicted molar refractivity (Wildman–Crippen MR) is 148 cm³/mol. The van der Waals surface area contributed by atoms with E-state index >= 15 is 0 Å². The number of hydrogen-bond donors (Lipinski definition) is 1. The molecular formula is C31H31N5O2. The maximum absolute atomic E-state index is 13.3. The van der Waals surface area contributed by atoms with Crippen LogP contribution in [0.2, 0.25) is 0 Å². The summed E-state index contributed by atoms with van der Waals surface area (Å²) in [5.74, 6) is 0.521. The number of fused-ring (bicyclic) bond motifs is 1. The largest absolute Gasteiger partial charge is 0.497 e. The molecule has 1 saturated heterocycles. The highest BCUT2D eigenvalue weighted by Crippen LogP contribution is 2.31. The van der Waals surface area contributed by atoms with Crippen molar-refractivity contribution in [2.45, 2.75) is 31.7 Å². The van der Waals surface area contributed by atoms with E-state index in [1.54, 1.807) is 7.11 Å². The summed E-state index contributed by atoms with van der Waals surface area (Å²) >= 11 is 0. The Morgan fingerprint density at radius 3 is 2.29 bits per heavy atom. The van der Waals surface area contributed by atoms with Crippen molar-refractivity contribution in [3.05, 3.63) is 95.7 Å². The fraction of sp³-hybridized carbons (Fsp3) is 0.290. The maximum Gasteiger partial charge on any atom is 0.243 e. The van der Waals surface area contributed by atoms with Crippen molar-refractivity contribution < 1.29 is 9.53 Å². The summed E-state index contributed by atoms with van der Waals surface area (Å²) in [7, 11) is 1.61. The minimum Gasteiger partial charge on any atom is -0.497 e. The fourth-order valence-electron chi connectivity index (χ4n) is 5.01. The molecule has 0 radical (unpaired) electrons. The Balaban J connectivity index is 1.35. The van der Waals surface area contributed by atoms with Gasteiger partial charge in [-0.3, -0.25) is 4.79 Å². The first-order chi connectivity index (χ1) is 18.6. The number of hydrogen-bond acceptors (Lipinski definition) is 6. The van der Waals surface area contributed by atoms with Gasteiger partial charge in [-0.25, -0.2) is 9.97 Å². The first-order valence-corrected chi connectivity index (χ1v) is 13.0. The Bertz CT molecular complexity index is 1420. The van der Waals surface area contributed by atoms with Gasteiger partial charge in [0.15, 0.2) is 11.7 Å². The maximum atomic E-state index is 13.3. The lowest BCUT2D eigenvalue weighted by Crippen LogP contribution is -2.37. The van der Waals surface area contributed by atoms with Gasteiger partial charge in [0.1, 0.15) is 11.4 Å². The van der Waals surface area contributed by atoms with E-state index in [4.69, 9.17) is 14.7 Å². The van der Waals surface area contributed by atoms with E-state index in [0.29, 0.717) is 29.5 Å². The molecule has 1 aromatic heterocycles. The highest BCUT2D eigenvalue weighted by atomic mass is 16.5.